The van der Waals surface area contributed by atoms with Gasteiger partial charge in [0.2, 0.25) is 11.7 Å². The van der Waals surface area contributed by atoms with Gasteiger partial charge in [-0.15, -0.1) is 0 Å². The summed E-state index contributed by atoms with van der Waals surface area (Å²) in [6.07, 6.45) is -7.23. The number of methoxy groups -OCH3 is 1. The van der Waals surface area contributed by atoms with E-state index in [0.29, 0.717) is 12.1 Å². The van der Waals surface area contributed by atoms with Crippen molar-refractivity contribution in [3.8, 4) is 0 Å². The average molecular weight is 565 g/mol. The highest BCUT2D eigenvalue weighted by Crippen LogP contribution is 2.34. The molecule has 1 aliphatic heterocycles. The largest absolute Gasteiger partial charge is 0.449 e. The van der Waals surface area contributed by atoms with Crippen LogP contribution < -0.4 is 5.32 Å². The minimum atomic E-state index is -4.72. The lowest BCUT2D eigenvalue weighted by molar-refractivity contribution is -0.148. The van der Waals surface area contributed by atoms with E-state index in [1.54, 1.807) is 20.8 Å². The number of benzene rings is 1. The molecular formula is C25H30F6N4O4. The minimum absolute atomic E-state index is 0.0367. The zero-order valence-corrected chi connectivity index (χ0v) is 22.1. The standard InChI is InChI=1S/C25H30F6N4O4/c1-13(38-5)21-19-12-34(6-7-35(19)22(33-21)25(29,30)31)20(36)10-15(32-23(37)39-24(2,3)4)8-14-9-17(27)18(28)11-16(14)26/h9,11,13,15H,6-8,10,12H2,1-5H3,(H,32,37)/t13?,15-/m1/s1. The quantitative estimate of drug-likeness (QED) is 0.382. The lowest BCUT2D eigenvalue weighted by Crippen LogP contribution is -2.45. The van der Waals surface area contributed by atoms with Crippen LogP contribution in [0.15, 0.2) is 12.1 Å². The van der Waals surface area contributed by atoms with Crippen LogP contribution in [0.3, 0.4) is 0 Å². The summed E-state index contributed by atoms with van der Waals surface area (Å²) in [5.74, 6) is -5.44. The topological polar surface area (TPSA) is 85.7 Å². The number of fused-ring (bicyclic) bond motifs is 1. The Morgan fingerprint density at radius 2 is 1.72 bits per heavy atom. The number of hydrogen-bond donors (Lipinski definition) is 1. The average Bonchev–Trinajstić information content (AvgIpc) is 3.20. The second-order valence-electron chi connectivity index (χ2n) is 10.2. The van der Waals surface area contributed by atoms with Crippen LogP contribution in [0.1, 0.15) is 63.0 Å². The Balaban J connectivity index is 1.85. The number of rotatable bonds is 7. The van der Waals surface area contributed by atoms with Crippen LogP contribution in [0.25, 0.3) is 0 Å². The van der Waals surface area contributed by atoms with E-state index in [1.807, 2.05) is 0 Å². The highest BCUT2D eigenvalue weighted by atomic mass is 19.4. The molecule has 2 amide bonds. The van der Waals surface area contributed by atoms with Crippen molar-refractivity contribution in [3.05, 3.63) is 52.4 Å². The molecule has 2 heterocycles. The van der Waals surface area contributed by atoms with Crippen molar-refractivity contribution in [2.45, 2.75) is 77.5 Å². The molecule has 1 aliphatic rings. The molecule has 0 bridgehead atoms. The van der Waals surface area contributed by atoms with Gasteiger partial charge in [0.15, 0.2) is 11.6 Å². The highest BCUT2D eigenvalue weighted by molar-refractivity contribution is 5.78. The van der Waals surface area contributed by atoms with Gasteiger partial charge in [0.25, 0.3) is 0 Å². The summed E-state index contributed by atoms with van der Waals surface area (Å²) in [5, 5.41) is 2.46. The van der Waals surface area contributed by atoms with Gasteiger partial charge < -0.3 is 24.3 Å². The molecule has 1 unspecified atom stereocenters. The summed E-state index contributed by atoms with van der Waals surface area (Å²) in [6, 6.07) is -0.115. The fraction of sp³-hybridized carbons (Fsp3) is 0.560. The van der Waals surface area contributed by atoms with Crippen LogP contribution in [0.4, 0.5) is 31.1 Å². The first-order valence-electron chi connectivity index (χ1n) is 12.1. The van der Waals surface area contributed by atoms with E-state index >= 15 is 0 Å². The van der Waals surface area contributed by atoms with Crippen molar-refractivity contribution in [2.24, 2.45) is 0 Å². The zero-order chi connectivity index (χ0) is 29.3. The van der Waals surface area contributed by atoms with E-state index in [2.05, 4.69) is 10.3 Å². The molecule has 216 valence electrons. The van der Waals surface area contributed by atoms with Crippen LogP contribution in [0.2, 0.25) is 0 Å². The Bertz CT molecular complexity index is 1220. The summed E-state index contributed by atoms with van der Waals surface area (Å²) >= 11 is 0. The second-order valence-corrected chi connectivity index (χ2v) is 10.2. The van der Waals surface area contributed by atoms with E-state index in [4.69, 9.17) is 9.47 Å². The molecule has 2 atom stereocenters. The smallest absolute Gasteiger partial charge is 0.444 e. The van der Waals surface area contributed by atoms with Crippen molar-refractivity contribution in [2.75, 3.05) is 13.7 Å². The van der Waals surface area contributed by atoms with Crippen LogP contribution >= 0.6 is 0 Å². The van der Waals surface area contributed by atoms with E-state index in [9.17, 15) is 35.9 Å². The maximum atomic E-state index is 14.3. The van der Waals surface area contributed by atoms with Gasteiger partial charge in [-0.1, -0.05) is 0 Å². The molecule has 0 saturated carbocycles. The number of imidazole rings is 1. The Labute approximate surface area is 221 Å². The number of amides is 2. The van der Waals surface area contributed by atoms with Gasteiger partial charge in [0, 0.05) is 38.7 Å². The third kappa shape index (κ3) is 7.43. The van der Waals surface area contributed by atoms with Crippen LogP contribution in [0, 0.1) is 17.5 Å². The molecule has 0 radical (unpaired) electrons. The minimum Gasteiger partial charge on any atom is -0.444 e. The molecule has 1 aromatic heterocycles. The van der Waals surface area contributed by atoms with Crippen LogP contribution in [-0.2, 0) is 40.0 Å². The Morgan fingerprint density at radius 3 is 2.31 bits per heavy atom. The van der Waals surface area contributed by atoms with Crippen LogP contribution in [-0.4, -0.2) is 51.7 Å². The summed E-state index contributed by atoms with van der Waals surface area (Å²) < 4.78 is 93.6. The molecule has 0 spiro atoms. The predicted molar refractivity (Wildman–Crippen MR) is 126 cm³/mol. The van der Waals surface area contributed by atoms with Gasteiger partial charge in [-0.25, -0.2) is 22.9 Å². The highest BCUT2D eigenvalue weighted by Gasteiger charge is 2.41. The van der Waals surface area contributed by atoms with Crippen molar-refractivity contribution < 1.29 is 45.4 Å². The number of carbonyl (C=O) groups is 2. The summed E-state index contributed by atoms with van der Waals surface area (Å²) in [7, 11) is 1.32. The van der Waals surface area contributed by atoms with Crippen molar-refractivity contribution >= 4 is 12.0 Å². The fourth-order valence-corrected chi connectivity index (χ4v) is 4.23. The van der Waals surface area contributed by atoms with Crippen molar-refractivity contribution in [1.82, 2.24) is 19.8 Å². The van der Waals surface area contributed by atoms with Gasteiger partial charge >= 0.3 is 12.3 Å². The number of ether oxygens (including phenoxy) is 2. The summed E-state index contributed by atoms with van der Waals surface area (Å²) in [5.41, 5.74) is -0.999. The number of aromatic nitrogens is 2. The Morgan fingerprint density at radius 1 is 1.08 bits per heavy atom. The van der Waals surface area contributed by atoms with Gasteiger partial charge in [-0.05, 0) is 45.7 Å². The third-order valence-electron chi connectivity index (χ3n) is 6.08. The lowest BCUT2D eigenvalue weighted by Gasteiger charge is -2.31. The summed E-state index contributed by atoms with van der Waals surface area (Å²) in [6.45, 7) is 5.84. The first-order valence-corrected chi connectivity index (χ1v) is 12.1. The zero-order valence-electron chi connectivity index (χ0n) is 22.1. The molecule has 1 aromatic carbocycles. The molecule has 14 heteroatoms. The fourth-order valence-electron chi connectivity index (χ4n) is 4.23. The monoisotopic (exact) mass is 564 g/mol. The predicted octanol–water partition coefficient (Wildman–Crippen LogP) is 4.89. The van der Waals surface area contributed by atoms with Gasteiger partial charge in [-0.3, -0.25) is 4.79 Å². The number of alkyl halides is 3. The van der Waals surface area contributed by atoms with E-state index in [-0.39, 0.29) is 43.0 Å². The van der Waals surface area contributed by atoms with Crippen molar-refractivity contribution in [3.63, 3.8) is 0 Å². The maximum Gasteiger partial charge on any atom is 0.449 e. The molecule has 8 nitrogen and oxygen atoms in total. The first-order chi connectivity index (χ1) is 18.0. The number of carbonyl (C=O) groups excluding carboxylic acids is 2. The third-order valence-corrected chi connectivity index (χ3v) is 6.08. The number of halogens is 6. The number of alkyl carbamates (subject to hydrolysis) is 1. The molecule has 3 rings (SSSR count). The normalized spacial score (nSPS) is 15.5. The number of nitrogens with zero attached hydrogens (tertiary/aromatic N) is 3. The molecule has 1 N–H and O–H groups in total. The van der Waals surface area contributed by atoms with Gasteiger partial charge in [0.05, 0.1) is 24.0 Å². The lowest BCUT2D eigenvalue weighted by atomic mass is 10.0. The Hall–Kier alpha value is -3.29. The second kappa shape index (κ2) is 11.4. The SMILES string of the molecule is COC(C)c1nc(C(F)(F)F)n2c1CN(C(=O)C[C@@H](Cc1cc(F)c(F)cc1F)NC(=O)OC(C)(C)C)CC2. The summed E-state index contributed by atoms with van der Waals surface area (Å²) in [4.78, 5) is 30.7. The van der Waals surface area contributed by atoms with E-state index in [0.717, 1.165) is 4.57 Å². The van der Waals surface area contributed by atoms with E-state index < -0.39 is 65.6 Å². The van der Waals surface area contributed by atoms with E-state index in [1.165, 1.54) is 18.9 Å². The molecule has 0 fully saturated rings. The maximum absolute atomic E-state index is 14.3. The molecular weight excluding hydrogens is 534 g/mol. The van der Waals surface area contributed by atoms with Gasteiger partial charge in [-0.2, -0.15) is 13.2 Å². The van der Waals surface area contributed by atoms with Gasteiger partial charge in [0.1, 0.15) is 11.4 Å². The molecule has 0 saturated heterocycles. The molecule has 0 aliphatic carbocycles. The number of nitrogens with one attached hydrogen (secondary N) is 1. The Kier molecular flexibility index (Phi) is 8.88. The van der Waals surface area contributed by atoms with Crippen molar-refractivity contribution in [1.29, 1.82) is 0 Å². The molecule has 39 heavy (non-hydrogen) atoms. The first kappa shape index (κ1) is 30.3. The number of hydrogen-bond acceptors (Lipinski definition) is 5. The van der Waals surface area contributed by atoms with Crippen LogP contribution in [0.5, 0.6) is 0 Å². The molecule has 2 aromatic rings.